The van der Waals surface area contributed by atoms with Crippen molar-refractivity contribution in [3.8, 4) is 0 Å². The van der Waals surface area contributed by atoms with Crippen molar-refractivity contribution in [2.45, 2.75) is 26.7 Å². The molecule has 0 rings (SSSR count). The molecule has 0 spiro atoms. The van der Waals surface area contributed by atoms with Crippen LogP contribution >= 0.6 is 0 Å². The Balaban J connectivity index is 3.40. The van der Waals surface area contributed by atoms with E-state index in [-0.39, 0.29) is 0 Å². The summed E-state index contributed by atoms with van der Waals surface area (Å²) in [5.41, 5.74) is 0. The Hall–Kier alpha value is -0.120. The molecule has 0 aromatic rings. The predicted molar refractivity (Wildman–Crippen MR) is 61.8 cm³/mol. The molecular weight excluding hydrogens is 176 g/mol. The highest BCUT2D eigenvalue weighted by Crippen LogP contribution is 1.91. The van der Waals surface area contributed by atoms with Crippen molar-refractivity contribution in [2.24, 2.45) is 0 Å². The van der Waals surface area contributed by atoms with E-state index >= 15 is 0 Å². The molecule has 0 aromatic heterocycles. The molecule has 0 bridgehead atoms. The second-order valence-electron chi connectivity index (χ2n) is 3.56. The number of likely N-dealkylation sites (N-methyl/N-ethyl adjacent to an activating group) is 1. The minimum Gasteiger partial charge on any atom is -0.380 e. The summed E-state index contributed by atoms with van der Waals surface area (Å²) in [4.78, 5) is 2.45. The Morgan fingerprint density at radius 2 is 1.79 bits per heavy atom. The summed E-state index contributed by atoms with van der Waals surface area (Å²) in [6.45, 7) is 10.6. The summed E-state index contributed by atoms with van der Waals surface area (Å²) in [5, 5.41) is 3.18. The maximum absolute atomic E-state index is 5.48. The average Bonchev–Trinajstić information content (AvgIpc) is 2.20. The van der Waals surface area contributed by atoms with Gasteiger partial charge < -0.3 is 10.1 Å². The molecule has 14 heavy (non-hydrogen) atoms. The van der Waals surface area contributed by atoms with Crippen molar-refractivity contribution in [3.05, 3.63) is 0 Å². The first-order chi connectivity index (χ1) is 6.85. The van der Waals surface area contributed by atoms with Gasteiger partial charge in [-0.15, -0.1) is 0 Å². The maximum Gasteiger partial charge on any atom is 0.0593 e. The summed E-state index contributed by atoms with van der Waals surface area (Å²) in [5.74, 6) is 0. The van der Waals surface area contributed by atoms with E-state index in [9.17, 15) is 0 Å². The highest BCUT2D eigenvalue weighted by molar-refractivity contribution is 4.57. The summed E-state index contributed by atoms with van der Waals surface area (Å²) >= 11 is 0. The number of nitrogens with one attached hydrogen (secondary N) is 1. The first kappa shape index (κ1) is 13.9. The SMILES string of the molecule is CCCOCCN(CCC)CCNC. The van der Waals surface area contributed by atoms with Crippen molar-refractivity contribution in [1.29, 1.82) is 0 Å². The quantitative estimate of drug-likeness (QED) is 0.541. The third kappa shape index (κ3) is 8.48. The van der Waals surface area contributed by atoms with Crippen LogP contribution in [-0.4, -0.2) is 51.3 Å². The van der Waals surface area contributed by atoms with Crippen molar-refractivity contribution in [2.75, 3.05) is 46.4 Å². The van der Waals surface area contributed by atoms with Crippen LogP contribution in [0.15, 0.2) is 0 Å². The van der Waals surface area contributed by atoms with Crippen molar-refractivity contribution in [1.82, 2.24) is 10.2 Å². The summed E-state index contributed by atoms with van der Waals surface area (Å²) in [6.07, 6.45) is 2.34. The molecule has 0 aromatic carbocycles. The highest BCUT2D eigenvalue weighted by Gasteiger charge is 2.01. The summed E-state index contributed by atoms with van der Waals surface area (Å²) in [7, 11) is 2.00. The minimum atomic E-state index is 0.873. The van der Waals surface area contributed by atoms with Crippen LogP contribution in [0.25, 0.3) is 0 Å². The van der Waals surface area contributed by atoms with Crippen LogP contribution in [-0.2, 0) is 4.74 Å². The van der Waals surface area contributed by atoms with Crippen LogP contribution in [0.4, 0.5) is 0 Å². The molecule has 0 fully saturated rings. The molecule has 1 N–H and O–H groups in total. The fourth-order valence-electron chi connectivity index (χ4n) is 1.36. The Bertz CT molecular complexity index is 109. The maximum atomic E-state index is 5.48. The van der Waals surface area contributed by atoms with Crippen molar-refractivity contribution in [3.63, 3.8) is 0 Å². The van der Waals surface area contributed by atoms with Gasteiger partial charge in [0.05, 0.1) is 6.61 Å². The van der Waals surface area contributed by atoms with Gasteiger partial charge in [0, 0.05) is 26.2 Å². The third-order valence-electron chi connectivity index (χ3n) is 2.12. The molecule has 0 atom stereocenters. The summed E-state index contributed by atoms with van der Waals surface area (Å²) in [6, 6.07) is 0. The van der Waals surface area contributed by atoms with Gasteiger partial charge in [0.2, 0.25) is 0 Å². The Labute approximate surface area is 88.8 Å². The van der Waals surface area contributed by atoms with Crippen LogP contribution < -0.4 is 5.32 Å². The lowest BCUT2D eigenvalue weighted by atomic mass is 10.4. The van der Waals surface area contributed by atoms with E-state index in [0.717, 1.165) is 39.3 Å². The van der Waals surface area contributed by atoms with Crippen LogP contribution in [0, 0.1) is 0 Å². The molecule has 0 unspecified atom stereocenters. The molecule has 86 valence electrons. The first-order valence-electron chi connectivity index (χ1n) is 5.79. The van der Waals surface area contributed by atoms with E-state index in [2.05, 4.69) is 24.1 Å². The largest absolute Gasteiger partial charge is 0.380 e. The average molecular weight is 202 g/mol. The zero-order valence-corrected chi connectivity index (χ0v) is 10.0. The number of hydrogen-bond acceptors (Lipinski definition) is 3. The second kappa shape index (κ2) is 11.0. The molecule has 0 saturated carbocycles. The van der Waals surface area contributed by atoms with E-state index in [1.54, 1.807) is 0 Å². The van der Waals surface area contributed by atoms with Gasteiger partial charge in [-0.05, 0) is 26.4 Å². The number of ether oxygens (including phenoxy) is 1. The van der Waals surface area contributed by atoms with Gasteiger partial charge in [0.1, 0.15) is 0 Å². The van der Waals surface area contributed by atoms with E-state index in [1.807, 2.05) is 7.05 Å². The topological polar surface area (TPSA) is 24.5 Å². The molecule has 3 heteroatoms. The fourth-order valence-corrected chi connectivity index (χ4v) is 1.36. The lowest BCUT2D eigenvalue weighted by molar-refractivity contribution is 0.104. The van der Waals surface area contributed by atoms with Gasteiger partial charge in [0.15, 0.2) is 0 Å². The lowest BCUT2D eigenvalue weighted by Gasteiger charge is -2.21. The van der Waals surface area contributed by atoms with Crippen LogP contribution in [0.2, 0.25) is 0 Å². The standard InChI is InChI=1S/C11H26N2O/c1-4-7-13(8-6-12-3)9-11-14-10-5-2/h12H,4-11H2,1-3H3. The van der Waals surface area contributed by atoms with Gasteiger partial charge in [-0.25, -0.2) is 0 Å². The Morgan fingerprint density at radius 1 is 1.00 bits per heavy atom. The van der Waals surface area contributed by atoms with Crippen LogP contribution in [0.1, 0.15) is 26.7 Å². The van der Waals surface area contributed by atoms with Gasteiger partial charge in [-0.3, -0.25) is 4.90 Å². The Kier molecular flexibility index (Phi) is 10.9. The normalized spacial score (nSPS) is 11.1. The molecule has 0 amide bonds. The van der Waals surface area contributed by atoms with Gasteiger partial charge in [-0.2, -0.15) is 0 Å². The number of hydrogen-bond donors (Lipinski definition) is 1. The van der Waals surface area contributed by atoms with E-state index in [1.165, 1.54) is 13.0 Å². The predicted octanol–water partition coefficient (Wildman–Crippen LogP) is 1.34. The third-order valence-corrected chi connectivity index (χ3v) is 2.12. The highest BCUT2D eigenvalue weighted by atomic mass is 16.5. The second-order valence-corrected chi connectivity index (χ2v) is 3.56. The molecule has 0 aliphatic rings. The van der Waals surface area contributed by atoms with Crippen molar-refractivity contribution >= 4 is 0 Å². The fraction of sp³-hybridized carbons (Fsp3) is 1.00. The molecule has 0 saturated heterocycles. The molecular formula is C11H26N2O. The zero-order chi connectivity index (χ0) is 10.6. The molecule has 0 heterocycles. The Morgan fingerprint density at radius 3 is 2.36 bits per heavy atom. The minimum absolute atomic E-state index is 0.873. The van der Waals surface area contributed by atoms with E-state index < -0.39 is 0 Å². The van der Waals surface area contributed by atoms with Crippen LogP contribution in [0.3, 0.4) is 0 Å². The van der Waals surface area contributed by atoms with E-state index in [0.29, 0.717) is 0 Å². The number of rotatable bonds is 10. The lowest BCUT2D eigenvalue weighted by Crippen LogP contribution is -2.34. The molecule has 3 nitrogen and oxygen atoms in total. The first-order valence-corrected chi connectivity index (χ1v) is 5.79. The molecule has 0 aliphatic heterocycles. The van der Waals surface area contributed by atoms with Crippen molar-refractivity contribution < 1.29 is 4.74 Å². The van der Waals surface area contributed by atoms with E-state index in [4.69, 9.17) is 4.74 Å². The van der Waals surface area contributed by atoms with Crippen LogP contribution in [0.5, 0.6) is 0 Å². The molecule has 0 aliphatic carbocycles. The smallest absolute Gasteiger partial charge is 0.0593 e. The summed E-state index contributed by atoms with van der Waals surface area (Å²) < 4.78 is 5.48. The number of nitrogens with zero attached hydrogens (tertiary/aromatic N) is 1. The molecule has 0 radical (unpaired) electrons. The van der Waals surface area contributed by atoms with Gasteiger partial charge >= 0.3 is 0 Å². The van der Waals surface area contributed by atoms with Gasteiger partial charge in [0.25, 0.3) is 0 Å². The van der Waals surface area contributed by atoms with Gasteiger partial charge in [-0.1, -0.05) is 13.8 Å². The zero-order valence-electron chi connectivity index (χ0n) is 10.0. The monoisotopic (exact) mass is 202 g/mol.